The lowest BCUT2D eigenvalue weighted by Gasteiger charge is -2.43. The van der Waals surface area contributed by atoms with Crippen LogP contribution < -0.4 is 0 Å². The van der Waals surface area contributed by atoms with Crippen molar-refractivity contribution in [3.8, 4) is 0 Å². The second-order valence-electron chi connectivity index (χ2n) is 9.89. The van der Waals surface area contributed by atoms with Crippen LogP contribution in [0.2, 0.25) is 10.0 Å². The van der Waals surface area contributed by atoms with Crippen molar-refractivity contribution in [1.29, 1.82) is 0 Å². The Morgan fingerprint density at radius 1 is 0.952 bits per heavy atom. The summed E-state index contributed by atoms with van der Waals surface area (Å²) in [5, 5.41) is 1.85. The van der Waals surface area contributed by atoms with Crippen molar-refractivity contribution < 1.29 is 45.1 Å². The molecule has 42 heavy (non-hydrogen) atoms. The first-order valence-electron chi connectivity index (χ1n) is 12.3. The fourth-order valence-corrected chi connectivity index (χ4v) is 5.16. The van der Waals surface area contributed by atoms with Crippen LogP contribution in [0, 0.1) is 0 Å². The first-order chi connectivity index (χ1) is 19.6. The number of amides is 1. The first-order valence-corrected chi connectivity index (χ1v) is 13.0. The first kappa shape index (κ1) is 30.0. The van der Waals surface area contributed by atoms with Crippen molar-refractivity contribution in [1.82, 2.24) is 4.90 Å². The molecular formula is C28H19Cl2F7N2O3. The maximum atomic E-state index is 15.5. The number of nitrogens with zero attached hydrogens (tertiary/aromatic N) is 2. The van der Waals surface area contributed by atoms with E-state index in [1.807, 2.05) is 6.07 Å². The van der Waals surface area contributed by atoms with Gasteiger partial charge in [0.1, 0.15) is 6.61 Å². The molecule has 14 heteroatoms. The molecule has 1 atom stereocenters. The summed E-state index contributed by atoms with van der Waals surface area (Å²) in [7, 11) is 0. The lowest BCUT2D eigenvalue weighted by molar-refractivity contribution is -0.276. The van der Waals surface area contributed by atoms with E-state index in [1.54, 1.807) is 24.3 Å². The molecule has 0 aliphatic carbocycles. The Balaban J connectivity index is 1.29. The predicted molar refractivity (Wildman–Crippen MR) is 139 cm³/mol. The highest BCUT2D eigenvalue weighted by molar-refractivity contribution is 6.42. The largest absolute Gasteiger partial charge is 0.445 e. The number of alkyl halides is 7. The molecule has 1 amide bonds. The van der Waals surface area contributed by atoms with Gasteiger partial charge < -0.3 is 14.5 Å². The topological polar surface area (TPSA) is 51.1 Å². The van der Waals surface area contributed by atoms with Gasteiger partial charge in [0.25, 0.3) is 5.60 Å². The van der Waals surface area contributed by atoms with Crippen LogP contribution in [0.25, 0.3) is 0 Å². The van der Waals surface area contributed by atoms with Gasteiger partial charge in [-0.05, 0) is 28.8 Å². The predicted octanol–water partition coefficient (Wildman–Crippen LogP) is 8.41. The van der Waals surface area contributed by atoms with Crippen molar-refractivity contribution in [2.75, 3.05) is 13.1 Å². The molecule has 0 spiro atoms. The molecule has 0 unspecified atom stereocenters. The van der Waals surface area contributed by atoms with Crippen LogP contribution in [0.1, 0.15) is 34.2 Å². The third-order valence-corrected chi connectivity index (χ3v) is 7.87. The van der Waals surface area contributed by atoms with Gasteiger partial charge in [0, 0.05) is 12.0 Å². The minimum atomic E-state index is -5.20. The Labute approximate surface area is 244 Å². The second-order valence-corrected chi connectivity index (χ2v) is 10.7. The Kier molecular flexibility index (Phi) is 7.59. The number of hydrogen-bond acceptors (Lipinski definition) is 4. The van der Waals surface area contributed by atoms with Crippen LogP contribution in [-0.2, 0) is 33.6 Å². The number of hydrogen-bond donors (Lipinski definition) is 0. The Morgan fingerprint density at radius 3 is 2.19 bits per heavy atom. The molecule has 0 radical (unpaired) electrons. The standard InChI is InChI=1S/C28H19Cl2F7N2O3/c29-21-11-19(10-20(23(21)30)27(32,33)34)26(28(35,36)37)12-22(38-42-26)17-6-8-18(9-7-17)25(31)14-39(15-25)24(40)41-13-16-4-2-1-3-5-16/h1-11H,12-15H2/t26-/m1/s1. The van der Waals surface area contributed by atoms with Gasteiger partial charge in [-0.15, -0.1) is 0 Å². The normalized spacial score (nSPS) is 20.0. The molecule has 2 aliphatic heterocycles. The number of carbonyl (C=O) groups excluding carboxylic acids is 1. The van der Waals surface area contributed by atoms with Gasteiger partial charge in [-0.1, -0.05) is 83.0 Å². The van der Waals surface area contributed by atoms with Crippen LogP contribution in [0.4, 0.5) is 35.5 Å². The van der Waals surface area contributed by atoms with Gasteiger partial charge in [0.2, 0.25) is 0 Å². The summed E-state index contributed by atoms with van der Waals surface area (Å²) in [6.45, 7) is -0.562. The molecule has 0 saturated carbocycles. The number of likely N-dealkylation sites (tertiary alicyclic amines) is 1. The molecule has 0 aromatic heterocycles. The molecule has 3 aromatic carbocycles. The minimum absolute atomic E-state index is 0.0213. The fraction of sp³-hybridized carbons (Fsp3) is 0.286. The number of benzene rings is 3. The third-order valence-electron chi connectivity index (χ3n) is 7.07. The molecule has 222 valence electrons. The van der Waals surface area contributed by atoms with E-state index in [2.05, 4.69) is 5.16 Å². The lowest BCUT2D eigenvalue weighted by Crippen LogP contribution is -2.58. The van der Waals surface area contributed by atoms with Gasteiger partial charge in [-0.25, -0.2) is 9.18 Å². The quantitative estimate of drug-likeness (QED) is 0.265. The van der Waals surface area contributed by atoms with Crippen LogP contribution in [-0.4, -0.2) is 36.0 Å². The van der Waals surface area contributed by atoms with Gasteiger partial charge in [0.15, 0.2) is 5.67 Å². The SMILES string of the molecule is O=C(OCc1ccccc1)N1CC(F)(c2ccc(C3=NO[C@](c4cc(Cl)c(Cl)c(C(F)(F)F)c4)(C(F)(F)F)C3)cc2)C1. The zero-order valence-electron chi connectivity index (χ0n) is 21.2. The summed E-state index contributed by atoms with van der Waals surface area (Å²) in [6.07, 6.45) is -12.0. The summed E-state index contributed by atoms with van der Waals surface area (Å²) in [4.78, 5) is 18.2. The van der Waals surface area contributed by atoms with Gasteiger partial charge in [0.05, 0.1) is 34.4 Å². The van der Waals surface area contributed by atoms with E-state index in [1.165, 1.54) is 29.2 Å². The van der Waals surface area contributed by atoms with E-state index in [-0.39, 0.29) is 42.6 Å². The number of rotatable bonds is 5. The molecule has 0 N–H and O–H groups in total. The monoisotopic (exact) mass is 634 g/mol. The number of ether oxygens (including phenoxy) is 1. The summed E-state index contributed by atoms with van der Waals surface area (Å²) >= 11 is 11.4. The second kappa shape index (κ2) is 10.6. The average molecular weight is 635 g/mol. The van der Waals surface area contributed by atoms with Crippen LogP contribution >= 0.6 is 23.2 Å². The lowest BCUT2D eigenvalue weighted by atomic mass is 9.84. The molecular weight excluding hydrogens is 616 g/mol. The van der Waals surface area contributed by atoms with Crippen molar-refractivity contribution in [3.05, 3.63) is 105 Å². The third kappa shape index (κ3) is 5.49. The molecule has 5 rings (SSSR count). The van der Waals surface area contributed by atoms with Crippen LogP contribution in [0.5, 0.6) is 0 Å². The van der Waals surface area contributed by atoms with Crippen LogP contribution in [0.3, 0.4) is 0 Å². The summed E-state index contributed by atoms with van der Waals surface area (Å²) < 4.78 is 104. The Hall–Kier alpha value is -3.51. The van der Waals surface area contributed by atoms with E-state index >= 15 is 4.39 Å². The highest BCUT2D eigenvalue weighted by Gasteiger charge is 2.63. The maximum absolute atomic E-state index is 15.5. The van der Waals surface area contributed by atoms with Gasteiger partial charge >= 0.3 is 18.4 Å². The minimum Gasteiger partial charge on any atom is -0.445 e. The maximum Gasteiger partial charge on any atom is 0.435 e. The van der Waals surface area contributed by atoms with Crippen molar-refractivity contribution in [2.45, 2.75) is 36.7 Å². The highest BCUT2D eigenvalue weighted by atomic mass is 35.5. The molecule has 2 heterocycles. The molecule has 2 aliphatic rings. The highest BCUT2D eigenvalue weighted by Crippen LogP contribution is 2.51. The van der Waals surface area contributed by atoms with Gasteiger partial charge in [-0.3, -0.25) is 0 Å². The molecule has 5 nitrogen and oxygen atoms in total. The molecule has 0 bridgehead atoms. The average Bonchev–Trinajstić information content (AvgIpc) is 3.39. The zero-order chi connectivity index (χ0) is 30.5. The summed E-state index contributed by atoms with van der Waals surface area (Å²) in [6, 6.07) is 15.1. The van der Waals surface area contributed by atoms with Crippen LogP contribution in [0.15, 0.2) is 71.9 Å². The van der Waals surface area contributed by atoms with Crippen molar-refractivity contribution >= 4 is 35.0 Å². The van der Waals surface area contributed by atoms with Gasteiger partial charge in [-0.2, -0.15) is 26.3 Å². The molecule has 1 fully saturated rings. The van der Waals surface area contributed by atoms with Crippen molar-refractivity contribution in [2.24, 2.45) is 5.16 Å². The Bertz CT molecular complexity index is 1520. The van der Waals surface area contributed by atoms with E-state index in [0.717, 1.165) is 5.56 Å². The number of halogens is 9. The number of oxime groups is 1. The summed E-state index contributed by atoms with van der Waals surface area (Å²) in [5.41, 5.74) is -6.84. The van der Waals surface area contributed by atoms with E-state index in [0.29, 0.717) is 6.07 Å². The zero-order valence-corrected chi connectivity index (χ0v) is 22.7. The van der Waals surface area contributed by atoms with E-state index in [9.17, 15) is 31.1 Å². The Morgan fingerprint density at radius 2 is 1.60 bits per heavy atom. The number of carbonyl (C=O) groups is 1. The smallest absolute Gasteiger partial charge is 0.435 e. The molecule has 1 saturated heterocycles. The van der Waals surface area contributed by atoms with Crippen molar-refractivity contribution in [3.63, 3.8) is 0 Å². The van der Waals surface area contributed by atoms with E-state index < -0.39 is 57.3 Å². The van der Waals surface area contributed by atoms with E-state index in [4.69, 9.17) is 32.8 Å². The fourth-order valence-electron chi connectivity index (χ4n) is 4.73. The molecule has 3 aromatic rings. The summed E-state index contributed by atoms with van der Waals surface area (Å²) in [5.74, 6) is 0.